The molecule has 2 aromatic rings. The van der Waals surface area contributed by atoms with E-state index in [1.807, 2.05) is 31.2 Å². The molecule has 1 heterocycles. The quantitative estimate of drug-likeness (QED) is 0.917. The summed E-state index contributed by atoms with van der Waals surface area (Å²) in [6.07, 6.45) is 0. The van der Waals surface area contributed by atoms with E-state index in [4.69, 9.17) is 0 Å². The Morgan fingerprint density at radius 1 is 1.38 bits per heavy atom. The molecule has 0 saturated carbocycles. The van der Waals surface area contributed by atoms with Gasteiger partial charge in [0, 0.05) is 11.9 Å². The highest BCUT2D eigenvalue weighted by molar-refractivity contribution is 9.10. The number of nitrogens with one attached hydrogen (secondary N) is 1. The lowest BCUT2D eigenvalue weighted by atomic mass is 10.2. The number of aromatic nitrogens is 2. The van der Waals surface area contributed by atoms with Crippen LogP contribution < -0.4 is 5.32 Å². The Bertz CT molecular complexity index is 542. The number of rotatable bonds is 2. The molecule has 1 N–H and O–H groups in total. The predicted molar refractivity (Wildman–Crippen MR) is 65.2 cm³/mol. The third-order valence-corrected chi connectivity index (χ3v) is 2.96. The van der Waals surface area contributed by atoms with Gasteiger partial charge in [-0.15, -0.1) is 10.2 Å². The van der Waals surface area contributed by atoms with E-state index in [0.29, 0.717) is 16.7 Å². The van der Waals surface area contributed by atoms with Crippen molar-refractivity contribution in [2.75, 3.05) is 6.54 Å². The minimum atomic E-state index is -0.215. The fourth-order valence-corrected chi connectivity index (χ4v) is 2.01. The number of carbonyl (C=O) groups is 1. The van der Waals surface area contributed by atoms with Crippen LogP contribution in [0.2, 0.25) is 0 Å². The van der Waals surface area contributed by atoms with Crippen LogP contribution in [0.3, 0.4) is 0 Å². The van der Waals surface area contributed by atoms with Crippen LogP contribution in [0.1, 0.15) is 17.4 Å². The Kier molecular flexibility index (Phi) is 3.14. The summed E-state index contributed by atoms with van der Waals surface area (Å²) in [5.74, 6) is -0.215. The van der Waals surface area contributed by atoms with Gasteiger partial charge in [-0.1, -0.05) is 18.2 Å². The van der Waals surface area contributed by atoms with Gasteiger partial charge in [0.25, 0.3) is 5.91 Å². The van der Waals surface area contributed by atoms with Crippen LogP contribution in [0.4, 0.5) is 0 Å². The molecule has 0 fully saturated rings. The van der Waals surface area contributed by atoms with Gasteiger partial charge in [0.1, 0.15) is 0 Å². The molecule has 5 heteroatoms. The summed E-state index contributed by atoms with van der Waals surface area (Å²) in [4.78, 5) is 11.7. The van der Waals surface area contributed by atoms with Crippen molar-refractivity contribution < 1.29 is 4.79 Å². The molecule has 16 heavy (non-hydrogen) atoms. The highest BCUT2D eigenvalue weighted by Crippen LogP contribution is 2.24. The van der Waals surface area contributed by atoms with Crippen LogP contribution in [-0.2, 0) is 0 Å². The number of carbonyl (C=O) groups excluding carboxylic acids is 1. The maximum absolute atomic E-state index is 11.7. The number of nitrogens with zero attached hydrogens (tertiary/aromatic N) is 2. The molecule has 0 spiro atoms. The number of hydrogen-bond acceptors (Lipinski definition) is 3. The maximum atomic E-state index is 11.7. The van der Waals surface area contributed by atoms with Crippen molar-refractivity contribution in [2.45, 2.75) is 6.92 Å². The smallest absolute Gasteiger partial charge is 0.272 e. The van der Waals surface area contributed by atoms with E-state index < -0.39 is 0 Å². The Morgan fingerprint density at radius 3 is 2.88 bits per heavy atom. The molecule has 0 aliphatic carbocycles. The molecule has 0 radical (unpaired) electrons. The molecule has 2 rings (SSSR count). The topological polar surface area (TPSA) is 54.9 Å². The second kappa shape index (κ2) is 4.57. The Labute approximate surface area is 101 Å². The van der Waals surface area contributed by atoms with Crippen LogP contribution in [0, 0.1) is 0 Å². The molecule has 1 aromatic carbocycles. The summed E-state index contributed by atoms with van der Waals surface area (Å²) in [6.45, 7) is 2.43. The van der Waals surface area contributed by atoms with Gasteiger partial charge in [0.15, 0.2) is 5.69 Å². The highest BCUT2D eigenvalue weighted by Gasteiger charge is 2.14. The van der Waals surface area contributed by atoms with Crippen LogP contribution in [-0.4, -0.2) is 22.6 Å². The predicted octanol–water partition coefficient (Wildman–Crippen LogP) is 2.14. The van der Waals surface area contributed by atoms with Crippen molar-refractivity contribution in [2.24, 2.45) is 0 Å². The maximum Gasteiger partial charge on any atom is 0.272 e. The van der Waals surface area contributed by atoms with Crippen LogP contribution >= 0.6 is 15.9 Å². The van der Waals surface area contributed by atoms with Crippen molar-refractivity contribution in [3.63, 3.8) is 0 Å². The van der Waals surface area contributed by atoms with Gasteiger partial charge in [-0.25, -0.2) is 0 Å². The largest absolute Gasteiger partial charge is 0.351 e. The molecule has 82 valence electrons. The number of benzene rings is 1. The van der Waals surface area contributed by atoms with Crippen molar-refractivity contribution in [1.82, 2.24) is 15.5 Å². The van der Waals surface area contributed by atoms with E-state index in [-0.39, 0.29) is 5.91 Å². The summed E-state index contributed by atoms with van der Waals surface area (Å²) in [5, 5.41) is 11.5. The first-order chi connectivity index (χ1) is 7.74. The minimum Gasteiger partial charge on any atom is -0.351 e. The van der Waals surface area contributed by atoms with Gasteiger partial charge >= 0.3 is 0 Å². The van der Waals surface area contributed by atoms with Crippen LogP contribution in [0.15, 0.2) is 28.7 Å². The zero-order chi connectivity index (χ0) is 11.5. The molecule has 0 atom stereocenters. The van der Waals surface area contributed by atoms with E-state index in [2.05, 4.69) is 31.4 Å². The average molecular weight is 280 g/mol. The first-order valence-electron chi connectivity index (χ1n) is 4.93. The number of fused-ring (bicyclic) bond motifs is 1. The van der Waals surface area contributed by atoms with Crippen molar-refractivity contribution in [3.05, 3.63) is 34.4 Å². The lowest BCUT2D eigenvalue weighted by molar-refractivity contribution is 0.0949. The summed E-state index contributed by atoms with van der Waals surface area (Å²) >= 11 is 3.39. The molecule has 0 bridgehead atoms. The van der Waals surface area contributed by atoms with Crippen LogP contribution in [0.5, 0.6) is 0 Å². The molecule has 0 saturated heterocycles. The van der Waals surface area contributed by atoms with Crippen molar-refractivity contribution in [1.29, 1.82) is 0 Å². The molecule has 0 aliphatic heterocycles. The van der Waals surface area contributed by atoms with E-state index >= 15 is 0 Å². The second-order valence-corrected chi connectivity index (χ2v) is 4.03. The number of amides is 1. The Balaban J connectivity index is 2.56. The van der Waals surface area contributed by atoms with Gasteiger partial charge in [-0.2, -0.15) is 0 Å². The van der Waals surface area contributed by atoms with E-state index in [1.54, 1.807) is 0 Å². The molecule has 0 unspecified atom stereocenters. The normalized spacial score (nSPS) is 10.4. The molecular formula is C11H10BrN3O. The minimum absolute atomic E-state index is 0.215. The Morgan fingerprint density at radius 2 is 2.12 bits per heavy atom. The standard InChI is InChI=1S/C11H10BrN3O/c1-2-13-11(16)10-9(12)7-5-3-4-6-8(7)14-15-10/h3-6H,2H2,1H3,(H,13,16). The van der Waals surface area contributed by atoms with Crippen molar-refractivity contribution >= 4 is 32.7 Å². The summed E-state index contributed by atoms with van der Waals surface area (Å²) in [5.41, 5.74) is 1.09. The molecular weight excluding hydrogens is 270 g/mol. The average Bonchev–Trinajstić information content (AvgIpc) is 2.30. The molecule has 1 aromatic heterocycles. The lowest BCUT2D eigenvalue weighted by Gasteiger charge is -2.05. The Hall–Kier alpha value is -1.49. The summed E-state index contributed by atoms with van der Waals surface area (Å²) in [7, 11) is 0. The lowest BCUT2D eigenvalue weighted by Crippen LogP contribution is -2.24. The van der Waals surface area contributed by atoms with Gasteiger partial charge in [-0.3, -0.25) is 4.79 Å². The van der Waals surface area contributed by atoms with Gasteiger partial charge in [0.2, 0.25) is 0 Å². The SMILES string of the molecule is CCNC(=O)c1nnc2ccccc2c1Br. The highest BCUT2D eigenvalue weighted by atomic mass is 79.9. The summed E-state index contributed by atoms with van der Waals surface area (Å²) in [6, 6.07) is 7.54. The molecule has 4 nitrogen and oxygen atoms in total. The molecule has 1 amide bonds. The zero-order valence-corrected chi connectivity index (χ0v) is 10.3. The third-order valence-electron chi connectivity index (χ3n) is 2.16. The second-order valence-electron chi connectivity index (χ2n) is 3.24. The van der Waals surface area contributed by atoms with E-state index in [1.165, 1.54) is 0 Å². The first kappa shape index (κ1) is 11.0. The monoisotopic (exact) mass is 279 g/mol. The zero-order valence-electron chi connectivity index (χ0n) is 8.70. The van der Waals surface area contributed by atoms with E-state index in [9.17, 15) is 4.79 Å². The fourth-order valence-electron chi connectivity index (χ4n) is 1.41. The van der Waals surface area contributed by atoms with E-state index in [0.717, 1.165) is 10.9 Å². The fraction of sp³-hybridized carbons (Fsp3) is 0.182. The third kappa shape index (κ3) is 1.90. The van der Waals surface area contributed by atoms with Gasteiger partial charge in [-0.05, 0) is 28.9 Å². The first-order valence-corrected chi connectivity index (χ1v) is 5.72. The van der Waals surface area contributed by atoms with Crippen molar-refractivity contribution in [3.8, 4) is 0 Å². The van der Waals surface area contributed by atoms with Gasteiger partial charge < -0.3 is 5.32 Å². The number of hydrogen-bond donors (Lipinski definition) is 1. The summed E-state index contributed by atoms with van der Waals surface area (Å²) < 4.78 is 0.684. The molecule has 0 aliphatic rings. The number of halogens is 1. The van der Waals surface area contributed by atoms with Crippen LogP contribution in [0.25, 0.3) is 10.9 Å². The van der Waals surface area contributed by atoms with Gasteiger partial charge in [0.05, 0.1) is 9.99 Å².